The quantitative estimate of drug-likeness (QED) is 0.678. The number of anilines is 1. The molecule has 2 heterocycles. The van der Waals surface area contributed by atoms with Crippen LogP contribution >= 0.6 is 0 Å². The molecule has 0 radical (unpaired) electrons. The lowest BCUT2D eigenvalue weighted by Gasteiger charge is -2.28. The highest BCUT2D eigenvalue weighted by molar-refractivity contribution is 5.92. The van der Waals surface area contributed by atoms with Gasteiger partial charge in [0.1, 0.15) is 0 Å². The zero-order chi connectivity index (χ0) is 22.9. The fraction of sp³-hybridized carbons (Fsp3) is 0.600. The second-order valence-electron chi connectivity index (χ2n) is 8.92. The van der Waals surface area contributed by atoms with Crippen LogP contribution in [0.25, 0.3) is 0 Å². The van der Waals surface area contributed by atoms with Gasteiger partial charge in [-0.15, -0.1) is 10.2 Å². The summed E-state index contributed by atoms with van der Waals surface area (Å²) >= 11 is 0. The van der Waals surface area contributed by atoms with Gasteiger partial charge in [0.2, 0.25) is 23.6 Å². The molecule has 0 atom stereocenters. The molecule has 0 bridgehead atoms. The molecule has 1 aliphatic heterocycles. The zero-order valence-corrected chi connectivity index (χ0v) is 19.7. The standard InChI is InChI=1S/C25H36N4O3/c1-19(2)25-27-26-23(32-25)14-15-24(31)28-16-10-6-4-5-7-11-17-29(20(3)30)22-13-9-8-12-21(22)18-28/h8-9,12-13,19H,4-7,10-11,14-18H2,1-3H3. The van der Waals surface area contributed by atoms with Gasteiger partial charge in [-0.1, -0.05) is 57.7 Å². The fourth-order valence-corrected chi connectivity index (χ4v) is 4.11. The van der Waals surface area contributed by atoms with Crippen molar-refractivity contribution in [1.82, 2.24) is 15.1 Å². The third-order valence-corrected chi connectivity index (χ3v) is 5.97. The van der Waals surface area contributed by atoms with Gasteiger partial charge in [-0.3, -0.25) is 9.59 Å². The minimum absolute atomic E-state index is 0.0440. The lowest BCUT2D eigenvalue weighted by Crippen LogP contribution is -2.34. The number of benzene rings is 1. The van der Waals surface area contributed by atoms with Crippen molar-refractivity contribution in [2.75, 3.05) is 18.0 Å². The fourth-order valence-electron chi connectivity index (χ4n) is 4.11. The molecule has 0 saturated heterocycles. The third-order valence-electron chi connectivity index (χ3n) is 5.97. The average molecular weight is 441 g/mol. The summed E-state index contributed by atoms with van der Waals surface area (Å²) < 4.78 is 5.67. The SMILES string of the molecule is CC(=O)N1CCCCCCCCN(C(=O)CCc2nnc(C(C)C)o2)Cc2ccccc21. The summed E-state index contributed by atoms with van der Waals surface area (Å²) in [5, 5.41) is 8.14. The van der Waals surface area contributed by atoms with Gasteiger partial charge < -0.3 is 14.2 Å². The number of amides is 2. The Hall–Kier alpha value is -2.70. The van der Waals surface area contributed by atoms with E-state index in [2.05, 4.69) is 10.2 Å². The first kappa shape index (κ1) is 24.0. The van der Waals surface area contributed by atoms with E-state index in [4.69, 9.17) is 4.42 Å². The van der Waals surface area contributed by atoms with E-state index in [0.717, 1.165) is 56.3 Å². The Labute approximate surface area is 191 Å². The van der Waals surface area contributed by atoms with Crippen LogP contribution in [-0.2, 0) is 22.6 Å². The molecule has 0 fully saturated rings. The van der Waals surface area contributed by atoms with E-state index in [9.17, 15) is 9.59 Å². The number of carbonyl (C=O) groups excluding carboxylic acids is 2. The van der Waals surface area contributed by atoms with Crippen LogP contribution in [0, 0.1) is 0 Å². The van der Waals surface area contributed by atoms with Crippen LogP contribution in [0.1, 0.15) is 89.0 Å². The maximum atomic E-state index is 13.2. The third kappa shape index (κ3) is 6.65. The number of aromatic nitrogens is 2. The maximum absolute atomic E-state index is 13.2. The smallest absolute Gasteiger partial charge is 0.223 e. The number of nitrogens with zero attached hydrogens (tertiary/aromatic N) is 4. The summed E-state index contributed by atoms with van der Waals surface area (Å²) in [6.45, 7) is 7.56. The van der Waals surface area contributed by atoms with E-state index in [1.54, 1.807) is 6.92 Å². The number of fused-ring (bicyclic) bond motifs is 1. The van der Waals surface area contributed by atoms with Gasteiger partial charge in [-0.05, 0) is 24.5 Å². The number of para-hydroxylation sites is 1. The van der Waals surface area contributed by atoms with Crippen molar-refractivity contribution in [3.8, 4) is 0 Å². The van der Waals surface area contributed by atoms with Crippen LogP contribution in [0.2, 0.25) is 0 Å². The Morgan fingerprint density at radius 3 is 2.38 bits per heavy atom. The van der Waals surface area contributed by atoms with Crippen LogP contribution in [-0.4, -0.2) is 40.0 Å². The van der Waals surface area contributed by atoms with Crippen LogP contribution in [0.15, 0.2) is 28.7 Å². The number of hydrogen-bond acceptors (Lipinski definition) is 5. The molecule has 32 heavy (non-hydrogen) atoms. The second kappa shape index (κ2) is 11.8. The van der Waals surface area contributed by atoms with E-state index >= 15 is 0 Å². The molecule has 0 N–H and O–H groups in total. The molecule has 0 unspecified atom stereocenters. The summed E-state index contributed by atoms with van der Waals surface area (Å²) in [6.07, 6.45) is 7.32. The Morgan fingerprint density at radius 1 is 1.00 bits per heavy atom. The minimum Gasteiger partial charge on any atom is -0.425 e. The van der Waals surface area contributed by atoms with Crippen molar-refractivity contribution in [2.24, 2.45) is 0 Å². The Bertz CT molecular complexity index is 893. The number of aryl methyl sites for hydroxylation is 1. The van der Waals surface area contributed by atoms with Crippen LogP contribution in [0.4, 0.5) is 5.69 Å². The number of carbonyl (C=O) groups is 2. The maximum Gasteiger partial charge on any atom is 0.223 e. The first-order chi connectivity index (χ1) is 15.5. The lowest BCUT2D eigenvalue weighted by molar-refractivity contribution is -0.132. The summed E-state index contributed by atoms with van der Waals surface area (Å²) in [5.74, 6) is 1.41. The molecule has 0 spiro atoms. The Kier molecular flexibility index (Phi) is 8.82. The largest absolute Gasteiger partial charge is 0.425 e. The first-order valence-corrected chi connectivity index (χ1v) is 11.9. The molecule has 2 aromatic rings. The second-order valence-corrected chi connectivity index (χ2v) is 8.92. The summed E-state index contributed by atoms with van der Waals surface area (Å²) in [4.78, 5) is 29.4. The summed E-state index contributed by atoms with van der Waals surface area (Å²) in [7, 11) is 0. The van der Waals surface area contributed by atoms with Gasteiger partial charge in [0.05, 0.1) is 0 Å². The monoisotopic (exact) mass is 440 g/mol. The molecule has 1 aromatic heterocycles. The van der Waals surface area contributed by atoms with Gasteiger partial charge in [0.15, 0.2) is 0 Å². The molecule has 1 aromatic carbocycles. The molecule has 0 aliphatic carbocycles. The van der Waals surface area contributed by atoms with Crippen LogP contribution in [0.5, 0.6) is 0 Å². The highest BCUT2D eigenvalue weighted by Gasteiger charge is 2.21. The van der Waals surface area contributed by atoms with Crippen molar-refractivity contribution in [3.63, 3.8) is 0 Å². The highest BCUT2D eigenvalue weighted by Crippen LogP contribution is 2.25. The first-order valence-electron chi connectivity index (χ1n) is 11.9. The van der Waals surface area contributed by atoms with Crippen molar-refractivity contribution in [2.45, 2.75) is 84.6 Å². The van der Waals surface area contributed by atoms with E-state index in [1.807, 2.05) is 47.9 Å². The molecule has 0 saturated carbocycles. The summed E-state index contributed by atoms with van der Waals surface area (Å²) in [5.41, 5.74) is 1.92. The van der Waals surface area contributed by atoms with Gasteiger partial charge in [-0.2, -0.15) is 0 Å². The van der Waals surface area contributed by atoms with Crippen molar-refractivity contribution < 1.29 is 14.0 Å². The number of hydrogen-bond donors (Lipinski definition) is 0. The Morgan fingerprint density at radius 2 is 1.69 bits per heavy atom. The van der Waals surface area contributed by atoms with Gasteiger partial charge >= 0.3 is 0 Å². The zero-order valence-electron chi connectivity index (χ0n) is 19.7. The molecule has 7 nitrogen and oxygen atoms in total. The van der Waals surface area contributed by atoms with E-state index in [0.29, 0.717) is 37.7 Å². The molecular formula is C25H36N4O3. The lowest BCUT2D eigenvalue weighted by atomic mass is 10.1. The number of rotatable bonds is 4. The van der Waals surface area contributed by atoms with Crippen molar-refractivity contribution in [3.05, 3.63) is 41.6 Å². The topological polar surface area (TPSA) is 79.5 Å². The molecule has 1 aliphatic rings. The predicted molar refractivity (Wildman–Crippen MR) is 124 cm³/mol. The molecule has 7 heteroatoms. The predicted octanol–water partition coefficient (Wildman–Crippen LogP) is 4.86. The van der Waals surface area contributed by atoms with Gasteiger partial charge in [0.25, 0.3) is 0 Å². The summed E-state index contributed by atoms with van der Waals surface area (Å²) in [6, 6.07) is 7.95. The normalized spacial score (nSPS) is 16.1. The van der Waals surface area contributed by atoms with Crippen molar-refractivity contribution >= 4 is 17.5 Å². The van der Waals surface area contributed by atoms with E-state index < -0.39 is 0 Å². The highest BCUT2D eigenvalue weighted by atomic mass is 16.4. The molecule has 174 valence electrons. The minimum atomic E-state index is 0.0440. The molecule has 2 amide bonds. The van der Waals surface area contributed by atoms with Crippen LogP contribution in [0.3, 0.4) is 0 Å². The van der Waals surface area contributed by atoms with Crippen molar-refractivity contribution in [1.29, 1.82) is 0 Å². The van der Waals surface area contributed by atoms with Gasteiger partial charge in [0, 0.05) is 51.0 Å². The average Bonchev–Trinajstić information content (AvgIpc) is 3.25. The van der Waals surface area contributed by atoms with Gasteiger partial charge in [-0.25, -0.2) is 0 Å². The van der Waals surface area contributed by atoms with E-state index in [-0.39, 0.29) is 17.7 Å². The molecular weight excluding hydrogens is 404 g/mol. The molecule has 3 rings (SSSR count). The Balaban J connectivity index is 1.76. The van der Waals surface area contributed by atoms with E-state index in [1.165, 1.54) is 0 Å². The van der Waals surface area contributed by atoms with Crippen LogP contribution < -0.4 is 4.90 Å².